The summed E-state index contributed by atoms with van der Waals surface area (Å²) in [6.45, 7) is 2.02. The Bertz CT molecular complexity index is 606. The maximum Gasteiger partial charge on any atom is 0.125 e. The van der Waals surface area contributed by atoms with E-state index < -0.39 is 0 Å². The van der Waals surface area contributed by atoms with Crippen molar-refractivity contribution in [3.63, 3.8) is 0 Å². The van der Waals surface area contributed by atoms with Gasteiger partial charge in [0.1, 0.15) is 5.82 Å². The number of fused-ring (bicyclic) bond motifs is 1. The highest BCUT2D eigenvalue weighted by atomic mass is 19.1. The SMILES string of the molecule is Cc1ccc(F)cc1NC1CCCCc2ccccc21. The summed E-state index contributed by atoms with van der Waals surface area (Å²) in [5.74, 6) is -0.181. The van der Waals surface area contributed by atoms with Gasteiger partial charge in [0.2, 0.25) is 0 Å². The molecule has 1 aliphatic carbocycles. The molecule has 2 aromatic carbocycles. The third-order valence-corrected chi connectivity index (χ3v) is 4.15. The Labute approximate surface area is 119 Å². The molecule has 1 atom stereocenters. The van der Waals surface area contributed by atoms with Gasteiger partial charge in [0.05, 0.1) is 6.04 Å². The molecule has 0 radical (unpaired) electrons. The first-order valence-corrected chi connectivity index (χ1v) is 7.34. The maximum absolute atomic E-state index is 13.4. The summed E-state index contributed by atoms with van der Waals surface area (Å²) in [5.41, 5.74) is 4.80. The second kappa shape index (κ2) is 5.66. The lowest BCUT2D eigenvalue weighted by Gasteiger charge is -2.22. The van der Waals surface area contributed by atoms with Crippen LogP contribution < -0.4 is 5.32 Å². The Kier molecular flexibility index (Phi) is 3.72. The number of hydrogen-bond donors (Lipinski definition) is 1. The fourth-order valence-corrected chi connectivity index (χ4v) is 3.01. The monoisotopic (exact) mass is 269 g/mol. The van der Waals surface area contributed by atoms with Crippen LogP contribution in [0.3, 0.4) is 0 Å². The van der Waals surface area contributed by atoms with E-state index in [1.54, 1.807) is 6.07 Å². The zero-order valence-electron chi connectivity index (χ0n) is 11.8. The van der Waals surface area contributed by atoms with Crippen molar-refractivity contribution < 1.29 is 4.39 Å². The molecule has 1 aliphatic rings. The lowest BCUT2D eigenvalue weighted by Crippen LogP contribution is -2.12. The quantitative estimate of drug-likeness (QED) is 0.755. The zero-order valence-corrected chi connectivity index (χ0v) is 11.8. The molecule has 2 heteroatoms. The van der Waals surface area contributed by atoms with Gasteiger partial charge in [-0.3, -0.25) is 0 Å². The van der Waals surface area contributed by atoms with E-state index in [2.05, 4.69) is 29.6 Å². The summed E-state index contributed by atoms with van der Waals surface area (Å²) in [7, 11) is 0. The highest BCUT2D eigenvalue weighted by Gasteiger charge is 2.18. The fourth-order valence-electron chi connectivity index (χ4n) is 3.01. The van der Waals surface area contributed by atoms with Gasteiger partial charge in [-0.2, -0.15) is 0 Å². The summed E-state index contributed by atoms with van der Waals surface area (Å²) < 4.78 is 13.4. The Morgan fingerprint density at radius 2 is 1.95 bits per heavy atom. The molecular formula is C18H20FN. The molecule has 20 heavy (non-hydrogen) atoms. The van der Waals surface area contributed by atoms with Crippen molar-refractivity contribution in [3.8, 4) is 0 Å². The fraction of sp³-hybridized carbons (Fsp3) is 0.333. The van der Waals surface area contributed by atoms with E-state index in [-0.39, 0.29) is 11.9 Å². The molecule has 0 bridgehead atoms. The molecule has 1 nitrogen and oxygen atoms in total. The molecule has 3 rings (SSSR count). The van der Waals surface area contributed by atoms with Crippen LogP contribution in [-0.4, -0.2) is 0 Å². The average molecular weight is 269 g/mol. The van der Waals surface area contributed by atoms with Crippen LogP contribution in [0.15, 0.2) is 42.5 Å². The number of aryl methyl sites for hydroxylation is 2. The van der Waals surface area contributed by atoms with Crippen LogP contribution >= 0.6 is 0 Å². The van der Waals surface area contributed by atoms with Gasteiger partial charge in [-0.15, -0.1) is 0 Å². The summed E-state index contributed by atoms with van der Waals surface area (Å²) in [6.07, 6.45) is 4.70. The average Bonchev–Trinajstić information content (AvgIpc) is 2.66. The van der Waals surface area contributed by atoms with Crippen LogP contribution in [0.25, 0.3) is 0 Å². The highest BCUT2D eigenvalue weighted by Crippen LogP contribution is 2.32. The first-order chi connectivity index (χ1) is 9.74. The Morgan fingerprint density at radius 1 is 1.10 bits per heavy atom. The van der Waals surface area contributed by atoms with E-state index >= 15 is 0 Å². The summed E-state index contributed by atoms with van der Waals surface area (Å²) >= 11 is 0. The van der Waals surface area contributed by atoms with Gasteiger partial charge in [0, 0.05) is 5.69 Å². The molecule has 0 saturated carbocycles. The van der Waals surface area contributed by atoms with Crippen LogP contribution in [-0.2, 0) is 6.42 Å². The van der Waals surface area contributed by atoms with Crippen molar-refractivity contribution in [3.05, 3.63) is 65.0 Å². The van der Waals surface area contributed by atoms with E-state index in [4.69, 9.17) is 0 Å². The van der Waals surface area contributed by atoms with Gasteiger partial charge >= 0.3 is 0 Å². The van der Waals surface area contributed by atoms with Gasteiger partial charge < -0.3 is 5.32 Å². The smallest absolute Gasteiger partial charge is 0.125 e. The Morgan fingerprint density at radius 3 is 2.85 bits per heavy atom. The Hall–Kier alpha value is -1.83. The molecule has 0 saturated heterocycles. The van der Waals surface area contributed by atoms with E-state index in [9.17, 15) is 4.39 Å². The summed E-state index contributed by atoms with van der Waals surface area (Å²) in [4.78, 5) is 0. The molecule has 0 fully saturated rings. The van der Waals surface area contributed by atoms with E-state index in [0.717, 1.165) is 24.1 Å². The van der Waals surface area contributed by atoms with Crippen molar-refractivity contribution in [2.24, 2.45) is 0 Å². The third-order valence-electron chi connectivity index (χ3n) is 4.15. The molecule has 0 aromatic heterocycles. The highest BCUT2D eigenvalue weighted by molar-refractivity contribution is 5.53. The molecule has 2 aromatic rings. The molecule has 0 spiro atoms. The van der Waals surface area contributed by atoms with Gasteiger partial charge in [-0.05, 0) is 55.0 Å². The largest absolute Gasteiger partial charge is 0.378 e. The van der Waals surface area contributed by atoms with E-state index in [0.29, 0.717) is 0 Å². The van der Waals surface area contributed by atoms with Crippen molar-refractivity contribution >= 4 is 5.69 Å². The minimum absolute atomic E-state index is 0.181. The predicted octanol–water partition coefficient (Wildman–Crippen LogP) is 5.01. The summed E-state index contributed by atoms with van der Waals surface area (Å²) in [6, 6.07) is 13.9. The Balaban J connectivity index is 1.92. The van der Waals surface area contributed by atoms with Crippen molar-refractivity contribution in [1.29, 1.82) is 0 Å². The second-order valence-corrected chi connectivity index (χ2v) is 5.60. The number of nitrogens with one attached hydrogen (secondary N) is 1. The lowest BCUT2D eigenvalue weighted by atomic mass is 9.98. The molecule has 0 aliphatic heterocycles. The first-order valence-electron chi connectivity index (χ1n) is 7.34. The van der Waals surface area contributed by atoms with Crippen molar-refractivity contribution in [2.45, 2.75) is 38.6 Å². The number of benzene rings is 2. The molecule has 1 unspecified atom stereocenters. The van der Waals surface area contributed by atoms with Crippen LogP contribution in [0, 0.1) is 12.7 Å². The van der Waals surface area contributed by atoms with Gasteiger partial charge in [-0.1, -0.05) is 36.8 Å². The van der Waals surface area contributed by atoms with E-state index in [1.807, 2.05) is 13.0 Å². The lowest BCUT2D eigenvalue weighted by molar-refractivity contribution is 0.623. The number of hydrogen-bond acceptors (Lipinski definition) is 1. The van der Waals surface area contributed by atoms with Gasteiger partial charge in [0.15, 0.2) is 0 Å². The van der Waals surface area contributed by atoms with E-state index in [1.165, 1.54) is 30.0 Å². The molecular weight excluding hydrogens is 249 g/mol. The molecule has 1 N–H and O–H groups in total. The standard InChI is InChI=1S/C18H20FN/c1-13-10-11-15(19)12-18(13)20-17-9-5-3-7-14-6-2-4-8-16(14)17/h2,4,6,8,10-12,17,20H,3,5,7,9H2,1H3. The predicted molar refractivity (Wildman–Crippen MR) is 81.5 cm³/mol. The van der Waals surface area contributed by atoms with Crippen LogP contribution in [0.4, 0.5) is 10.1 Å². The van der Waals surface area contributed by atoms with Gasteiger partial charge in [-0.25, -0.2) is 4.39 Å². The normalized spacial score (nSPS) is 18.2. The second-order valence-electron chi connectivity index (χ2n) is 5.60. The number of anilines is 1. The summed E-state index contributed by atoms with van der Waals surface area (Å²) in [5, 5.41) is 3.55. The van der Waals surface area contributed by atoms with Crippen LogP contribution in [0.5, 0.6) is 0 Å². The number of halogens is 1. The maximum atomic E-state index is 13.4. The third kappa shape index (κ3) is 2.69. The molecule has 104 valence electrons. The number of rotatable bonds is 2. The van der Waals surface area contributed by atoms with Gasteiger partial charge in [0.25, 0.3) is 0 Å². The minimum Gasteiger partial charge on any atom is -0.378 e. The topological polar surface area (TPSA) is 12.0 Å². The first kappa shape index (κ1) is 13.2. The van der Waals surface area contributed by atoms with Crippen LogP contribution in [0.2, 0.25) is 0 Å². The van der Waals surface area contributed by atoms with Crippen LogP contribution in [0.1, 0.15) is 42.0 Å². The molecule has 0 amide bonds. The minimum atomic E-state index is -0.181. The molecule has 0 heterocycles. The van der Waals surface area contributed by atoms with Crippen molar-refractivity contribution in [1.82, 2.24) is 0 Å². The zero-order chi connectivity index (χ0) is 13.9. The van der Waals surface area contributed by atoms with Crippen molar-refractivity contribution in [2.75, 3.05) is 5.32 Å².